The number of carboxylic acid groups (broad SMARTS) is 1. The zero-order chi connectivity index (χ0) is 14.6. The minimum Gasteiger partial charge on any atom is -0.480 e. The van der Waals surface area contributed by atoms with Crippen molar-refractivity contribution < 1.29 is 24.3 Å². The van der Waals surface area contributed by atoms with E-state index in [4.69, 9.17) is 14.7 Å². The Morgan fingerprint density at radius 3 is 2.58 bits per heavy atom. The summed E-state index contributed by atoms with van der Waals surface area (Å²) in [6.07, 6.45) is -0.490. The van der Waals surface area contributed by atoms with Crippen molar-refractivity contribution in [2.75, 3.05) is 13.2 Å². The molecule has 0 aromatic carbocycles. The first kappa shape index (κ1) is 15.3. The van der Waals surface area contributed by atoms with Gasteiger partial charge in [0.05, 0.1) is 12.3 Å². The molecular formula is C12H20N2O5. The number of hydrogen-bond donors (Lipinski definition) is 1. The summed E-state index contributed by atoms with van der Waals surface area (Å²) in [4.78, 5) is 29.1. The van der Waals surface area contributed by atoms with E-state index in [1.165, 1.54) is 0 Å². The highest BCUT2D eigenvalue weighted by molar-refractivity contribution is 5.98. The van der Waals surface area contributed by atoms with E-state index in [0.717, 1.165) is 4.90 Å². The molecule has 19 heavy (non-hydrogen) atoms. The van der Waals surface area contributed by atoms with E-state index in [0.29, 0.717) is 12.3 Å². The van der Waals surface area contributed by atoms with Gasteiger partial charge in [-0.05, 0) is 27.7 Å². The van der Waals surface area contributed by atoms with Gasteiger partial charge in [-0.3, -0.25) is 4.90 Å². The molecule has 0 saturated carbocycles. The molecule has 1 heterocycles. The van der Waals surface area contributed by atoms with Crippen LogP contribution in [-0.4, -0.2) is 52.6 Å². The lowest BCUT2D eigenvalue weighted by atomic mass is 10.2. The SMILES string of the molecule is CCON=C1CC(C(=O)O)N(C(=O)OC(C)(C)C)C1. The van der Waals surface area contributed by atoms with Crippen molar-refractivity contribution in [3.05, 3.63) is 0 Å². The number of carboxylic acids is 1. The Bertz CT molecular complexity index is 386. The monoisotopic (exact) mass is 272 g/mol. The van der Waals surface area contributed by atoms with Crippen LogP contribution < -0.4 is 0 Å². The zero-order valence-electron chi connectivity index (χ0n) is 11.7. The van der Waals surface area contributed by atoms with E-state index >= 15 is 0 Å². The van der Waals surface area contributed by atoms with Crippen LogP contribution in [0.5, 0.6) is 0 Å². The Hall–Kier alpha value is -1.79. The Kier molecular flexibility index (Phi) is 4.74. The van der Waals surface area contributed by atoms with E-state index in [1.54, 1.807) is 27.7 Å². The molecule has 1 unspecified atom stereocenters. The molecule has 1 aliphatic rings. The lowest BCUT2D eigenvalue weighted by Gasteiger charge is -2.26. The number of aliphatic carboxylic acids is 1. The van der Waals surface area contributed by atoms with Crippen LogP contribution in [0.2, 0.25) is 0 Å². The third kappa shape index (κ3) is 4.42. The van der Waals surface area contributed by atoms with E-state index in [-0.39, 0.29) is 13.0 Å². The molecule has 1 aliphatic heterocycles. The van der Waals surface area contributed by atoms with E-state index in [1.807, 2.05) is 0 Å². The average Bonchev–Trinajstić information content (AvgIpc) is 2.68. The third-order valence-corrected chi connectivity index (χ3v) is 2.39. The molecule has 0 aliphatic carbocycles. The molecule has 7 nitrogen and oxygen atoms in total. The number of rotatable bonds is 3. The first-order valence-electron chi connectivity index (χ1n) is 6.14. The molecule has 108 valence electrons. The van der Waals surface area contributed by atoms with Gasteiger partial charge in [-0.2, -0.15) is 0 Å². The summed E-state index contributed by atoms with van der Waals surface area (Å²) in [5.41, 5.74) is -0.139. The molecule has 1 rings (SSSR count). The number of ether oxygens (including phenoxy) is 1. The summed E-state index contributed by atoms with van der Waals surface area (Å²) in [5, 5.41) is 12.9. The van der Waals surface area contributed by atoms with Crippen LogP contribution in [0.4, 0.5) is 4.79 Å². The van der Waals surface area contributed by atoms with Crippen molar-refractivity contribution in [2.24, 2.45) is 5.16 Å². The highest BCUT2D eigenvalue weighted by Crippen LogP contribution is 2.20. The highest BCUT2D eigenvalue weighted by Gasteiger charge is 2.40. The number of carbonyl (C=O) groups is 2. The Labute approximate surface area is 112 Å². The Morgan fingerprint density at radius 1 is 1.47 bits per heavy atom. The zero-order valence-corrected chi connectivity index (χ0v) is 11.7. The van der Waals surface area contributed by atoms with Crippen LogP contribution in [0.25, 0.3) is 0 Å². The fourth-order valence-corrected chi connectivity index (χ4v) is 1.66. The highest BCUT2D eigenvalue weighted by atomic mass is 16.6. The molecule has 0 bridgehead atoms. The summed E-state index contributed by atoms with van der Waals surface area (Å²) in [6, 6.07) is -0.950. The molecule has 1 atom stereocenters. The minimum absolute atomic E-state index is 0.117. The number of likely N-dealkylation sites (tertiary alicyclic amines) is 1. The summed E-state index contributed by atoms with van der Waals surface area (Å²) in [7, 11) is 0. The maximum atomic E-state index is 11.9. The number of hydrogen-bond acceptors (Lipinski definition) is 5. The summed E-state index contributed by atoms with van der Waals surface area (Å²) < 4.78 is 5.18. The van der Waals surface area contributed by atoms with Gasteiger partial charge in [0, 0.05) is 6.42 Å². The maximum absolute atomic E-state index is 11.9. The predicted octanol–water partition coefficient (Wildman–Crippen LogP) is 1.47. The van der Waals surface area contributed by atoms with Gasteiger partial charge in [-0.25, -0.2) is 9.59 Å². The number of amides is 1. The standard InChI is InChI=1S/C12H20N2O5/c1-5-18-13-8-6-9(10(15)16)14(7-8)11(17)19-12(2,3)4/h9H,5-7H2,1-4H3,(H,15,16). The van der Waals surface area contributed by atoms with Gasteiger partial charge in [0.15, 0.2) is 0 Å². The maximum Gasteiger partial charge on any atom is 0.411 e. The molecule has 0 aromatic rings. The molecule has 1 saturated heterocycles. The van der Waals surface area contributed by atoms with Crippen LogP contribution in [0.1, 0.15) is 34.1 Å². The molecule has 0 aromatic heterocycles. The van der Waals surface area contributed by atoms with Gasteiger partial charge in [0.2, 0.25) is 0 Å². The summed E-state index contributed by atoms with van der Waals surface area (Å²) in [6.45, 7) is 7.47. The molecule has 1 fully saturated rings. The van der Waals surface area contributed by atoms with Crippen LogP contribution in [0, 0.1) is 0 Å². The molecule has 0 radical (unpaired) electrons. The summed E-state index contributed by atoms with van der Waals surface area (Å²) >= 11 is 0. The Balaban J connectivity index is 2.79. The first-order chi connectivity index (χ1) is 8.74. The fraction of sp³-hybridized carbons (Fsp3) is 0.750. The number of nitrogens with zero attached hydrogens (tertiary/aromatic N) is 2. The van der Waals surface area contributed by atoms with Gasteiger partial charge >= 0.3 is 12.1 Å². The van der Waals surface area contributed by atoms with Gasteiger partial charge in [0.25, 0.3) is 0 Å². The van der Waals surface area contributed by atoms with Crippen molar-refractivity contribution in [3.63, 3.8) is 0 Å². The quantitative estimate of drug-likeness (QED) is 0.786. The van der Waals surface area contributed by atoms with Crippen molar-refractivity contribution >= 4 is 17.8 Å². The normalized spacial score (nSPS) is 21.6. The van der Waals surface area contributed by atoms with Crippen molar-refractivity contribution in [1.82, 2.24) is 4.90 Å². The summed E-state index contributed by atoms with van der Waals surface area (Å²) in [5.74, 6) is -1.08. The molecule has 7 heteroatoms. The van der Waals surface area contributed by atoms with Crippen molar-refractivity contribution in [3.8, 4) is 0 Å². The average molecular weight is 272 g/mol. The molecule has 1 amide bonds. The second-order valence-electron chi connectivity index (χ2n) is 5.24. The van der Waals surface area contributed by atoms with Gasteiger partial charge in [-0.1, -0.05) is 5.16 Å². The van der Waals surface area contributed by atoms with Crippen molar-refractivity contribution in [1.29, 1.82) is 0 Å². The van der Waals surface area contributed by atoms with E-state index < -0.39 is 23.7 Å². The van der Waals surface area contributed by atoms with Gasteiger partial charge in [-0.15, -0.1) is 0 Å². The second kappa shape index (κ2) is 5.90. The minimum atomic E-state index is -1.08. The van der Waals surface area contributed by atoms with E-state index in [9.17, 15) is 9.59 Å². The lowest BCUT2D eigenvalue weighted by molar-refractivity contribution is -0.142. The predicted molar refractivity (Wildman–Crippen MR) is 68.0 cm³/mol. The molecule has 0 spiro atoms. The topological polar surface area (TPSA) is 88.4 Å². The van der Waals surface area contributed by atoms with E-state index in [2.05, 4.69) is 5.16 Å². The van der Waals surface area contributed by atoms with Crippen LogP contribution in [0.15, 0.2) is 5.16 Å². The molecular weight excluding hydrogens is 252 g/mol. The number of oxime groups is 1. The third-order valence-electron chi connectivity index (χ3n) is 2.39. The van der Waals surface area contributed by atoms with Crippen LogP contribution in [0.3, 0.4) is 0 Å². The lowest BCUT2D eigenvalue weighted by Crippen LogP contribution is -2.43. The first-order valence-corrected chi connectivity index (χ1v) is 6.14. The number of carbonyl (C=O) groups excluding carboxylic acids is 1. The molecule has 1 N–H and O–H groups in total. The smallest absolute Gasteiger partial charge is 0.411 e. The van der Waals surface area contributed by atoms with Crippen LogP contribution in [-0.2, 0) is 14.4 Å². The fourth-order valence-electron chi connectivity index (χ4n) is 1.66. The second-order valence-corrected chi connectivity index (χ2v) is 5.24. The van der Waals surface area contributed by atoms with Gasteiger partial charge in [0.1, 0.15) is 18.2 Å². The largest absolute Gasteiger partial charge is 0.480 e. The van der Waals surface area contributed by atoms with Crippen molar-refractivity contribution in [2.45, 2.75) is 45.8 Å². The Morgan fingerprint density at radius 2 is 2.11 bits per heavy atom. The van der Waals surface area contributed by atoms with Crippen LogP contribution >= 0.6 is 0 Å². The van der Waals surface area contributed by atoms with Gasteiger partial charge < -0.3 is 14.7 Å².